The number of sulfonamides is 1. The van der Waals surface area contributed by atoms with Gasteiger partial charge in [-0.3, -0.25) is 14.5 Å². The Bertz CT molecular complexity index is 1660. The van der Waals surface area contributed by atoms with Gasteiger partial charge in [0, 0.05) is 25.7 Å². The molecule has 2 aromatic carbocycles. The molecule has 1 N–H and O–H groups in total. The lowest BCUT2D eigenvalue weighted by molar-refractivity contribution is -0.123. The summed E-state index contributed by atoms with van der Waals surface area (Å²) in [5, 5.41) is 1.72. The normalized spacial score (nSPS) is 15.5. The maximum atomic E-state index is 13.1. The Labute approximate surface area is 240 Å². The molecule has 5 rings (SSSR count). The molecule has 2 amide bonds. The molecule has 39 heavy (non-hydrogen) atoms. The molecule has 6 nitrogen and oxygen atoms in total. The fraction of sp³-hybridized carbons (Fsp3) is 0.172. The molecule has 1 aliphatic rings. The summed E-state index contributed by atoms with van der Waals surface area (Å²) in [6, 6.07) is 22.1. The van der Waals surface area contributed by atoms with Crippen molar-refractivity contribution in [1.82, 2.24) is 9.62 Å². The average Bonchev–Trinajstić information content (AvgIpc) is 3.62. The van der Waals surface area contributed by atoms with Crippen LogP contribution >= 0.6 is 34.4 Å². The molecule has 0 radical (unpaired) electrons. The van der Waals surface area contributed by atoms with Crippen molar-refractivity contribution < 1.29 is 18.0 Å². The van der Waals surface area contributed by atoms with E-state index in [1.54, 1.807) is 73.8 Å². The molecule has 10 heteroatoms. The molecular formula is C29H26N2O4S4. The number of amides is 2. The van der Waals surface area contributed by atoms with Crippen molar-refractivity contribution in [3.63, 3.8) is 0 Å². The van der Waals surface area contributed by atoms with Gasteiger partial charge in [0.1, 0.15) is 0 Å². The fourth-order valence-corrected chi connectivity index (χ4v) is 8.46. The second-order valence-corrected chi connectivity index (χ2v) is 14.7. The van der Waals surface area contributed by atoms with Crippen molar-refractivity contribution in [2.45, 2.75) is 37.8 Å². The van der Waals surface area contributed by atoms with Gasteiger partial charge in [-0.1, -0.05) is 48.5 Å². The highest BCUT2D eigenvalue weighted by Crippen LogP contribution is 2.37. The van der Waals surface area contributed by atoms with Gasteiger partial charge in [0.05, 0.1) is 16.3 Å². The first kappa shape index (κ1) is 27.5. The molecule has 3 heterocycles. The van der Waals surface area contributed by atoms with Crippen molar-refractivity contribution in [3.8, 4) is 20.9 Å². The molecule has 0 aliphatic carbocycles. The van der Waals surface area contributed by atoms with Crippen molar-refractivity contribution in [3.05, 3.63) is 93.5 Å². The number of hydrogen-bond donors (Lipinski definition) is 1. The van der Waals surface area contributed by atoms with Crippen LogP contribution in [0.3, 0.4) is 0 Å². The summed E-state index contributed by atoms with van der Waals surface area (Å²) in [6.07, 6.45) is 1.78. The van der Waals surface area contributed by atoms with E-state index in [0.717, 1.165) is 32.6 Å². The summed E-state index contributed by atoms with van der Waals surface area (Å²) >= 11 is 4.19. The van der Waals surface area contributed by atoms with Crippen LogP contribution in [0.5, 0.6) is 0 Å². The summed E-state index contributed by atoms with van der Waals surface area (Å²) in [5.74, 6) is -0.315. The van der Waals surface area contributed by atoms with E-state index < -0.39 is 15.6 Å². The first-order chi connectivity index (χ1) is 18.5. The molecule has 0 bridgehead atoms. The number of thiophene rings is 2. The Morgan fingerprint density at radius 1 is 0.897 bits per heavy atom. The lowest BCUT2D eigenvalue weighted by Crippen LogP contribution is -2.40. The zero-order chi connectivity index (χ0) is 27.8. The maximum absolute atomic E-state index is 13.1. The quantitative estimate of drug-likeness (QED) is 0.225. The Morgan fingerprint density at radius 3 is 2.33 bits per heavy atom. The van der Waals surface area contributed by atoms with E-state index in [1.165, 1.54) is 9.78 Å². The summed E-state index contributed by atoms with van der Waals surface area (Å²) < 4.78 is 28.8. The van der Waals surface area contributed by atoms with Crippen molar-refractivity contribution in [2.24, 2.45) is 0 Å². The first-order valence-corrected chi connectivity index (χ1v) is 16.1. The zero-order valence-electron chi connectivity index (χ0n) is 21.5. The second kappa shape index (κ2) is 10.9. The number of nitrogens with one attached hydrogen (secondary N) is 1. The highest BCUT2D eigenvalue weighted by atomic mass is 32.2. The molecule has 200 valence electrons. The molecule has 1 saturated heterocycles. The van der Waals surface area contributed by atoms with Crippen LogP contribution in [0.1, 0.15) is 31.2 Å². The molecular weight excluding hydrogens is 569 g/mol. The van der Waals surface area contributed by atoms with Gasteiger partial charge in [0.15, 0.2) is 0 Å². The van der Waals surface area contributed by atoms with Crippen LogP contribution in [0.25, 0.3) is 27.0 Å². The third-order valence-corrected chi connectivity index (χ3v) is 10.6. The molecule has 1 fully saturated rings. The van der Waals surface area contributed by atoms with Crippen molar-refractivity contribution >= 4 is 61.7 Å². The molecule has 0 unspecified atom stereocenters. The standard InChI is InChI=1S/C29H26N2O4S4/c1-29(2,3)30-39(34,35)26-9-5-4-7-22(26)20-12-10-19(11-13-20)18-31-27(32)25(38-28(31)33)17-21-14-15-24(37-21)23-8-6-16-36-23/h4-17,30H,18H2,1-3H3/b25-17-. The van der Waals surface area contributed by atoms with Gasteiger partial charge in [-0.2, -0.15) is 0 Å². The number of hydrogen-bond acceptors (Lipinski definition) is 7. The van der Waals surface area contributed by atoms with E-state index in [0.29, 0.717) is 10.5 Å². The van der Waals surface area contributed by atoms with E-state index >= 15 is 0 Å². The second-order valence-electron chi connectivity index (χ2n) is 10.00. The lowest BCUT2D eigenvalue weighted by atomic mass is 10.0. The monoisotopic (exact) mass is 594 g/mol. The van der Waals surface area contributed by atoms with E-state index in [4.69, 9.17) is 0 Å². The molecule has 0 spiro atoms. The van der Waals surface area contributed by atoms with E-state index in [9.17, 15) is 18.0 Å². The van der Waals surface area contributed by atoms with Gasteiger partial charge < -0.3 is 0 Å². The average molecular weight is 595 g/mol. The minimum Gasteiger partial charge on any atom is -0.268 e. The largest absolute Gasteiger partial charge is 0.293 e. The van der Waals surface area contributed by atoms with Gasteiger partial charge in [-0.25, -0.2) is 13.1 Å². The predicted molar refractivity (Wildman–Crippen MR) is 161 cm³/mol. The Kier molecular flexibility index (Phi) is 7.67. The number of carbonyl (C=O) groups excluding carboxylic acids is 2. The highest BCUT2D eigenvalue weighted by Gasteiger charge is 2.35. The first-order valence-electron chi connectivity index (χ1n) is 12.1. The zero-order valence-corrected chi connectivity index (χ0v) is 24.8. The number of carbonyl (C=O) groups is 2. The highest BCUT2D eigenvalue weighted by molar-refractivity contribution is 8.18. The maximum Gasteiger partial charge on any atom is 0.293 e. The van der Waals surface area contributed by atoms with Gasteiger partial charge in [-0.15, -0.1) is 22.7 Å². The fourth-order valence-electron chi connectivity index (χ4n) is 4.12. The number of nitrogens with zero attached hydrogens (tertiary/aromatic N) is 1. The number of benzene rings is 2. The number of rotatable bonds is 7. The Balaban J connectivity index is 1.32. The topological polar surface area (TPSA) is 83.6 Å². The van der Waals surface area contributed by atoms with Gasteiger partial charge in [-0.05, 0) is 79.4 Å². The van der Waals surface area contributed by atoms with E-state index in [-0.39, 0.29) is 22.6 Å². The van der Waals surface area contributed by atoms with Crippen LogP contribution in [0.4, 0.5) is 4.79 Å². The number of thioether (sulfide) groups is 1. The minimum absolute atomic E-state index is 0.138. The molecule has 0 saturated carbocycles. The number of imide groups is 1. The van der Waals surface area contributed by atoms with Gasteiger partial charge >= 0.3 is 0 Å². The summed E-state index contributed by atoms with van der Waals surface area (Å²) in [4.78, 5) is 30.8. The van der Waals surface area contributed by atoms with Crippen LogP contribution in [0.2, 0.25) is 0 Å². The van der Waals surface area contributed by atoms with Crippen LogP contribution in [0.15, 0.2) is 88.0 Å². The smallest absolute Gasteiger partial charge is 0.268 e. The third kappa shape index (κ3) is 6.26. The van der Waals surface area contributed by atoms with Crippen LogP contribution in [-0.4, -0.2) is 30.0 Å². The summed E-state index contributed by atoms with van der Waals surface area (Å²) in [6.45, 7) is 5.53. The predicted octanol–water partition coefficient (Wildman–Crippen LogP) is 7.46. The molecule has 0 atom stereocenters. The SMILES string of the molecule is CC(C)(C)NS(=O)(=O)c1ccccc1-c1ccc(CN2C(=O)S/C(=C\c3ccc(-c4cccs4)s3)C2=O)cc1. The van der Waals surface area contributed by atoms with Crippen molar-refractivity contribution in [2.75, 3.05) is 0 Å². The third-order valence-electron chi connectivity index (χ3n) is 5.76. The van der Waals surface area contributed by atoms with Crippen LogP contribution in [0, 0.1) is 0 Å². The Morgan fingerprint density at radius 2 is 1.64 bits per heavy atom. The van der Waals surface area contributed by atoms with Crippen LogP contribution in [-0.2, 0) is 21.4 Å². The summed E-state index contributed by atoms with van der Waals surface area (Å²) in [7, 11) is -3.74. The van der Waals surface area contributed by atoms with Crippen LogP contribution < -0.4 is 4.72 Å². The summed E-state index contributed by atoms with van der Waals surface area (Å²) in [5.41, 5.74) is 1.45. The van der Waals surface area contributed by atoms with Crippen molar-refractivity contribution in [1.29, 1.82) is 0 Å². The molecule has 2 aromatic heterocycles. The molecule has 4 aromatic rings. The minimum atomic E-state index is -3.74. The van der Waals surface area contributed by atoms with E-state index in [2.05, 4.69) is 10.8 Å². The molecule has 1 aliphatic heterocycles. The van der Waals surface area contributed by atoms with Gasteiger partial charge in [0.25, 0.3) is 11.1 Å². The lowest BCUT2D eigenvalue weighted by Gasteiger charge is -2.21. The Hall–Kier alpha value is -3.02. The van der Waals surface area contributed by atoms with Gasteiger partial charge in [0.2, 0.25) is 10.0 Å². The van der Waals surface area contributed by atoms with E-state index in [1.807, 2.05) is 47.8 Å².